The van der Waals surface area contributed by atoms with Gasteiger partial charge in [-0.15, -0.1) is 0 Å². The van der Waals surface area contributed by atoms with Crippen molar-refractivity contribution in [3.63, 3.8) is 0 Å². The number of nitrogens with two attached hydrogens (primary N) is 1. The third-order valence-corrected chi connectivity index (χ3v) is 2.29. The molecule has 0 spiro atoms. The number of rotatable bonds is 2. The smallest absolute Gasteiger partial charge is 0.0624 e. The highest BCUT2D eigenvalue weighted by Crippen LogP contribution is 2.17. The molecular formula is C11H12N2O. The molecule has 0 aliphatic carbocycles. The highest BCUT2D eigenvalue weighted by atomic mass is 16.3. The normalized spacial score (nSPS) is 13.0. The van der Waals surface area contributed by atoms with Gasteiger partial charge in [0.15, 0.2) is 0 Å². The molecule has 0 aliphatic rings. The number of benzene rings is 1. The highest BCUT2D eigenvalue weighted by Gasteiger charge is 2.04. The molecule has 0 aliphatic heterocycles. The Morgan fingerprint density at radius 2 is 2.14 bits per heavy atom. The number of aliphatic hydroxyl groups excluding tert-OH is 1. The minimum absolute atomic E-state index is 0.0359. The molecule has 3 heteroatoms. The lowest BCUT2D eigenvalue weighted by atomic mass is 10.0. The van der Waals surface area contributed by atoms with E-state index < -0.39 is 0 Å². The molecule has 0 radical (unpaired) electrons. The topological polar surface area (TPSA) is 59.1 Å². The Balaban J connectivity index is 2.51. The van der Waals surface area contributed by atoms with Gasteiger partial charge in [0.1, 0.15) is 0 Å². The van der Waals surface area contributed by atoms with Crippen molar-refractivity contribution in [1.29, 1.82) is 0 Å². The third-order valence-electron chi connectivity index (χ3n) is 2.29. The van der Waals surface area contributed by atoms with Gasteiger partial charge in [0.25, 0.3) is 0 Å². The van der Waals surface area contributed by atoms with E-state index in [2.05, 4.69) is 4.98 Å². The third kappa shape index (κ3) is 1.60. The minimum atomic E-state index is -0.306. The van der Waals surface area contributed by atoms with Crippen LogP contribution in [-0.4, -0.2) is 16.7 Å². The molecule has 3 nitrogen and oxygen atoms in total. The molecule has 1 aromatic heterocycles. The Kier molecular flexibility index (Phi) is 2.43. The number of hydrogen-bond donors (Lipinski definition) is 2. The first kappa shape index (κ1) is 9.12. The quantitative estimate of drug-likeness (QED) is 0.745. The van der Waals surface area contributed by atoms with E-state index in [0.717, 1.165) is 16.3 Å². The fraction of sp³-hybridized carbons (Fsp3) is 0.182. The van der Waals surface area contributed by atoms with Crippen molar-refractivity contribution in [2.24, 2.45) is 5.73 Å². The Labute approximate surface area is 82.2 Å². The second-order valence-corrected chi connectivity index (χ2v) is 3.27. The molecular weight excluding hydrogens is 176 g/mol. The van der Waals surface area contributed by atoms with E-state index >= 15 is 0 Å². The van der Waals surface area contributed by atoms with Gasteiger partial charge in [-0.1, -0.05) is 12.1 Å². The van der Waals surface area contributed by atoms with Crippen LogP contribution in [0, 0.1) is 0 Å². The molecule has 1 aromatic carbocycles. The maximum atomic E-state index is 8.92. The Bertz CT molecular complexity index is 442. The van der Waals surface area contributed by atoms with Gasteiger partial charge in [-0.3, -0.25) is 4.98 Å². The predicted octanol–water partition coefficient (Wildman–Crippen LogP) is 1.23. The monoisotopic (exact) mass is 188 g/mol. The second-order valence-electron chi connectivity index (χ2n) is 3.27. The summed E-state index contributed by atoms with van der Waals surface area (Å²) in [4.78, 5) is 4.04. The summed E-state index contributed by atoms with van der Waals surface area (Å²) in [6.07, 6.45) is 3.55. The summed E-state index contributed by atoms with van der Waals surface area (Å²) in [5.74, 6) is 0. The van der Waals surface area contributed by atoms with Gasteiger partial charge in [0.05, 0.1) is 12.6 Å². The first-order valence-electron chi connectivity index (χ1n) is 4.51. The summed E-state index contributed by atoms with van der Waals surface area (Å²) < 4.78 is 0. The average molecular weight is 188 g/mol. The second kappa shape index (κ2) is 3.74. The Hall–Kier alpha value is -1.45. The molecule has 0 amide bonds. The van der Waals surface area contributed by atoms with Crippen molar-refractivity contribution in [3.05, 3.63) is 42.2 Å². The maximum Gasteiger partial charge on any atom is 0.0624 e. The zero-order valence-electron chi connectivity index (χ0n) is 7.72. The van der Waals surface area contributed by atoms with Crippen molar-refractivity contribution in [2.75, 3.05) is 6.61 Å². The number of hydrogen-bond acceptors (Lipinski definition) is 3. The van der Waals surface area contributed by atoms with Crippen LogP contribution in [0.2, 0.25) is 0 Å². The summed E-state index contributed by atoms with van der Waals surface area (Å²) >= 11 is 0. The first-order chi connectivity index (χ1) is 6.81. The highest BCUT2D eigenvalue weighted by molar-refractivity contribution is 5.82. The van der Waals surface area contributed by atoms with Crippen molar-refractivity contribution in [1.82, 2.24) is 4.98 Å². The molecule has 2 aromatic rings. The van der Waals surface area contributed by atoms with E-state index in [0.29, 0.717) is 0 Å². The van der Waals surface area contributed by atoms with Gasteiger partial charge in [0, 0.05) is 17.8 Å². The van der Waals surface area contributed by atoms with E-state index in [-0.39, 0.29) is 12.6 Å². The zero-order valence-corrected chi connectivity index (χ0v) is 7.72. The van der Waals surface area contributed by atoms with Crippen LogP contribution in [0.3, 0.4) is 0 Å². The SMILES string of the molecule is N[C@H](CO)c1ccc2ccncc2c1. The van der Waals surface area contributed by atoms with E-state index in [1.807, 2.05) is 24.3 Å². The lowest BCUT2D eigenvalue weighted by Crippen LogP contribution is -2.14. The number of aromatic nitrogens is 1. The van der Waals surface area contributed by atoms with Crippen LogP contribution >= 0.6 is 0 Å². The number of aliphatic hydroxyl groups is 1. The van der Waals surface area contributed by atoms with Gasteiger partial charge < -0.3 is 10.8 Å². The Morgan fingerprint density at radius 1 is 1.29 bits per heavy atom. The van der Waals surface area contributed by atoms with Crippen LogP contribution < -0.4 is 5.73 Å². The number of nitrogens with zero attached hydrogens (tertiary/aromatic N) is 1. The van der Waals surface area contributed by atoms with Gasteiger partial charge in [-0.2, -0.15) is 0 Å². The van der Waals surface area contributed by atoms with E-state index in [1.54, 1.807) is 12.4 Å². The van der Waals surface area contributed by atoms with Gasteiger partial charge in [0.2, 0.25) is 0 Å². The fourth-order valence-electron chi connectivity index (χ4n) is 1.44. The molecule has 0 bridgehead atoms. The van der Waals surface area contributed by atoms with Crippen LogP contribution in [0.15, 0.2) is 36.7 Å². The van der Waals surface area contributed by atoms with Gasteiger partial charge in [-0.05, 0) is 23.1 Å². The summed E-state index contributed by atoms with van der Waals surface area (Å²) in [7, 11) is 0. The minimum Gasteiger partial charge on any atom is -0.394 e. The van der Waals surface area contributed by atoms with Crippen LogP contribution in [-0.2, 0) is 0 Å². The molecule has 1 heterocycles. The van der Waals surface area contributed by atoms with E-state index in [1.165, 1.54) is 0 Å². The molecule has 2 rings (SSSR count). The summed E-state index contributed by atoms with van der Waals surface area (Å²) in [5, 5.41) is 11.1. The molecule has 72 valence electrons. The van der Waals surface area contributed by atoms with Crippen LogP contribution in [0.4, 0.5) is 0 Å². The van der Waals surface area contributed by atoms with Crippen molar-refractivity contribution in [2.45, 2.75) is 6.04 Å². The fourth-order valence-corrected chi connectivity index (χ4v) is 1.44. The molecule has 0 saturated heterocycles. The summed E-state index contributed by atoms with van der Waals surface area (Å²) in [6.45, 7) is -0.0359. The van der Waals surface area contributed by atoms with Gasteiger partial charge >= 0.3 is 0 Å². The molecule has 1 atom stereocenters. The van der Waals surface area contributed by atoms with Crippen LogP contribution in [0.5, 0.6) is 0 Å². The van der Waals surface area contributed by atoms with Crippen molar-refractivity contribution in [3.8, 4) is 0 Å². The lowest BCUT2D eigenvalue weighted by molar-refractivity contribution is 0.268. The summed E-state index contributed by atoms with van der Waals surface area (Å²) in [5.41, 5.74) is 6.65. The molecule has 0 saturated carbocycles. The summed E-state index contributed by atoms with van der Waals surface area (Å²) in [6, 6.07) is 7.53. The average Bonchev–Trinajstić information content (AvgIpc) is 2.27. The van der Waals surface area contributed by atoms with E-state index in [9.17, 15) is 0 Å². The molecule has 14 heavy (non-hydrogen) atoms. The Morgan fingerprint density at radius 3 is 2.93 bits per heavy atom. The molecule has 0 fully saturated rings. The maximum absolute atomic E-state index is 8.92. The van der Waals surface area contributed by atoms with Gasteiger partial charge in [-0.25, -0.2) is 0 Å². The number of fused-ring (bicyclic) bond motifs is 1. The molecule has 0 unspecified atom stereocenters. The predicted molar refractivity (Wildman–Crippen MR) is 55.8 cm³/mol. The molecule has 3 N–H and O–H groups in total. The first-order valence-corrected chi connectivity index (χ1v) is 4.51. The van der Waals surface area contributed by atoms with E-state index in [4.69, 9.17) is 10.8 Å². The number of pyridine rings is 1. The van der Waals surface area contributed by atoms with Crippen molar-refractivity contribution < 1.29 is 5.11 Å². The van der Waals surface area contributed by atoms with Crippen LogP contribution in [0.1, 0.15) is 11.6 Å². The standard InChI is InChI=1S/C11H12N2O/c12-11(7-14)9-2-1-8-3-4-13-6-10(8)5-9/h1-6,11,14H,7,12H2/t11-/m1/s1. The van der Waals surface area contributed by atoms with Crippen LogP contribution in [0.25, 0.3) is 10.8 Å². The largest absolute Gasteiger partial charge is 0.394 e. The zero-order chi connectivity index (χ0) is 9.97. The lowest BCUT2D eigenvalue weighted by Gasteiger charge is -2.08. The van der Waals surface area contributed by atoms with Crippen molar-refractivity contribution >= 4 is 10.8 Å².